The van der Waals surface area contributed by atoms with Gasteiger partial charge in [-0.3, -0.25) is 0 Å². The van der Waals surface area contributed by atoms with E-state index >= 15 is 0 Å². The summed E-state index contributed by atoms with van der Waals surface area (Å²) in [5.74, 6) is -0.321. The number of halogens is 1. The van der Waals surface area contributed by atoms with Gasteiger partial charge in [0.25, 0.3) is 10.2 Å². The van der Waals surface area contributed by atoms with Crippen molar-refractivity contribution >= 4 is 10.2 Å². The van der Waals surface area contributed by atoms with Crippen molar-refractivity contribution in [2.75, 3.05) is 13.1 Å². The van der Waals surface area contributed by atoms with E-state index in [0.717, 1.165) is 30.5 Å². The molecule has 0 radical (unpaired) electrons. The zero-order chi connectivity index (χ0) is 19.2. The van der Waals surface area contributed by atoms with Gasteiger partial charge >= 0.3 is 0 Å². The van der Waals surface area contributed by atoms with E-state index in [4.69, 9.17) is 0 Å². The maximum atomic E-state index is 13.7. The highest BCUT2D eigenvalue weighted by Crippen LogP contribution is 2.41. The Kier molecular flexibility index (Phi) is 4.60. The molecule has 1 aliphatic carbocycles. The third-order valence-electron chi connectivity index (χ3n) is 5.43. The van der Waals surface area contributed by atoms with E-state index in [1.54, 1.807) is 23.0 Å². The Hall–Kier alpha value is -1.77. The van der Waals surface area contributed by atoms with Crippen LogP contribution in [-0.4, -0.2) is 35.6 Å². The van der Waals surface area contributed by atoms with Crippen molar-refractivity contribution in [3.8, 4) is 5.69 Å². The number of hydrogen-bond acceptors (Lipinski definition) is 3. The van der Waals surface area contributed by atoms with E-state index in [1.165, 1.54) is 16.4 Å². The summed E-state index contributed by atoms with van der Waals surface area (Å²) in [7, 11) is -3.53. The van der Waals surface area contributed by atoms with E-state index in [9.17, 15) is 12.8 Å². The summed E-state index contributed by atoms with van der Waals surface area (Å²) in [6.45, 7) is 5.38. The topological polar surface area (TPSA) is 67.2 Å². The molecule has 0 spiro atoms. The lowest BCUT2D eigenvalue weighted by Gasteiger charge is -2.36. The number of aromatic nitrogens is 2. The fourth-order valence-electron chi connectivity index (χ4n) is 4.16. The number of benzene rings is 1. The molecule has 6 nitrogen and oxygen atoms in total. The molecular formula is C19H25FN4O2S. The maximum absolute atomic E-state index is 13.7. The van der Waals surface area contributed by atoms with Crippen molar-refractivity contribution < 1.29 is 12.8 Å². The van der Waals surface area contributed by atoms with Crippen LogP contribution in [0.2, 0.25) is 0 Å². The normalized spacial score (nSPS) is 22.7. The molecule has 8 heteroatoms. The van der Waals surface area contributed by atoms with Gasteiger partial charge in [-0.15, -0.1) is 0 Å². The zero-order valence-electron chi connectivity index (χ0n) is 15.7. The van der Waals surface area contributed by atoms with Gasteiger partial charge in [0.15, 0.2) is 0 Å². The van der Waals surface area contributed by atoms with E-state index in [1.807, 2.05) is 0 Å². The Morgan fingerprint density at radius 2 is 2.00 bits per heavy atom. The van der Waals surface area contributed by atoms with Crippen LogP contribution in [0, 0.1) is 11.2 Å². The maximum Gasteiger partial charge on any atom is 0.280 e. The lowest BCUT2D eigenvalue weighted by Crippen LogP contribution is -2.43. The van der Waals surface area contributed by atoms with Crippen LogP contribution >= 0.6 is 0 Å². The van der Waals surface area contributed by atoms with Crippen molar-refractivity contribution in [1.29, 1.82) is 0 Å². The van der Waals surface area contributed by atoms with Crippen LogP contribution in [0.1, 0.15) is 50.4 Å². The molecule has 0 bridgehead atoms. The van der Waals surface area contributed by atoms with Gasteiger partial charge in [-0.1, -0.05) is 19.9 Å². The summed E-state index contributed by atoms with van der Waals surface area (Å²) in [5, 5.41) is 4.45. The molecule has 1 saturated heterocycles. The summed E-state index contributed by atoms with van der Waals surface area (Å²) >= 11 is 0. The van der Waals surface area contributed by atoms with E-state index < -0.39 is 10.2 Å². The van der Waals surface area contributed by atoms with Crippen molar-refractivity contribution in [2.45, 2.75) is 45.6 Å². The van der Waals surface area contributed by atoms with Gasteiger partial charge in [0.2, 0.25) is 0 Å². The zero-order valence-corrected chi connectivity index (χ0v) is 16.5. The average molecular weight is 393 g/mol. The Morgan fingerprint density at radius 1 is 1.26 bits per heavy atom. The minimum absolute atomic E-state index is 0.101. The van der Waals surface area contributed by atoms with Gasteiger partial charge in [0.05, 0.1) is 17.9 Å². The first-order chi connectivity index (χ1) is 12.8. The quantitative estimate of drug-likeness (QED) is 0.870. The summed E-state index contributed by atoms with van der Waals surface area (Å²) in [6, 6.07) is 5.97. The molecule has 1 unspecified atom stereocenters. The molecule has 2 aliphatic rings. The van der Waals surface area contributed by atoms with Crippen molar-refractivity contribution in [3.05, 3.63) is 47.5 Å². The minimum Gasteiger partial charge on any atom is -0.237 e. The lowest BCUT2D eigenvalue weighted by atomic mass is 9.74. The first kappa shape index (κ1) is 18.6. The predicted octanol–water partition coefficient (Wildman–Crippen LogP) is 2.96. The van der Waals surface area contributed by atoms with Crippen molar-refractivity contribution in [2.24, 2.45) is 5.41 Å². The first-order valence-electron chi connectivity index (χ1n) is 9.35. The van der Waals surface area contributed by atoms with Gasteiger partial charge in [0.1, 0.15) is 5.82 Å². The Morgan fingerprint density at radius 3 is 2.70 bits per heavy atom. The monoisotopic (exact) mass is 392 g/mol. The van der Waals surface area contributed by atoms with Crippen LogP contribution in [-0.2, 0) is 16.6 Å². The number of nitrogens with one attached hydrogen (secondary N) is 1. The molecular weight excluding hydrogens is 367 g/mol. The Balaban J connectivity index is 1.70. The van der Waals surface area contributed by atoms with Crippen LogP contribution in [0.15, 0.2) is 30.5 Å². The second-order valence-electron chi connectivity index (χ2n) is 8.27. The highest BCUT2D eigenvalue weighted by molar-refractivity contribution is 7.87. The lowest BCUT2D eigenvalue weighted by molar-refractivity contribution is 0.266. The third-order valence-corrected chi connectivity index (χ3v) is 7.06. The van der Waals surface area contributed by atoms with Crippen LogP contribution in [0.25, 0.3) is 5.69 Å². The van der Waals surface area contributed by atoms with Gasteiger partial charge in [-0.25, -0.2) is 9.07 Å². The van der Waals surface area contributed by atoms with E-state index in [-0.39, 0.29) is 17.3 Å². The SMILES string of the molecule is CC1(C)Cc2c(cnn2-c2cccc(F)c2)C(NS(=O)(=O)N2CCCC2)C1. The fraction of sp³-hybridized carbons (Fsp3) is 0.526. The number of rotatable bonds is 4. The minimum atomic E-state index is -3.53. The Labute approximate surface area is 159 Å². The van der Waals surface area contributed by atoms with E-state index in [0.29, 0.717) is 25.2 Å². The van der Waals surface area contributed by atoms with Crippen LogP contribution in [0.4, 0.5) is 4.39 Å². The molecule has 1 fully saturated rings. The van der Waals surface area contributed by atoms with Crippen LogP contribution in [0.5, 0.6) is 0 Å². The molecule has 2 aromatic rings. The van der Waals surface area contributed by atoms with Crippen LogP contribution < -0.4 is 4.72 Å². The van der Waals surface area contributed by atoms with Gasteiger partial charge in [-0.2, -0.15) is 22.5 Å². The van der Waals surface area contributed by atoms with Gasteiger partial charge in [-0.05, 0) is 49.3 Å². The van der Waals surface area contributed by atoms with E-state index in [2.05, 4.69) is 23.7 Å². The second kappa shape index (κ2) is 6.68. The molecule has 1 aliphatic heterocycles. The molecule has 0 amide bonds. The van der Waals surface area contributed by atoms with Crippen LogP contribution in [0.3, 0.4) is 0 Å². The Bertz CT molecular complexity index is 948. The summed E-state index contributed by atoms with van der Waals surface area (Å²) in [5.41, 5.74) is 2.36. The molecule has 1 aromatic carbocycles. The fourth-order valence-corrected chi connectivity index (χ4v) is 5.62. The molecule has 146 valence electrons. The largest absolute Gasteiger partial charge is 0.280 e. The standard InChI is InChI=1S/C19H25FN4O2S/c1-19(2)11-17(22-27(25,26)23-8-3-4-9-23)16-13-21-24(18(16)12-19)15-7-5-6-14(20)10-15/h5-7,10,13,17,22H,3-4,8-9,11-12H2,1-2H3. The first-order valence-corrected chi connectivity index (χ1v) is 10.8. The van der Waals surface area contributed by atoms with Crippen molar-refractivity contribution in [1.82, 2.24) is 18.8 Å². The molecule has 1 N–H and O–H groups in total. The number of hydrogen-bond donors (Lipinski definition) is 1. The highest BCUT2D eigenvalue weighted by atomic mass is 32.2. The molecule has 0 saturated carbocycles. The average Bonchev–Trinajstić information content (AvgIpc) is 3.23. The molecule has 27 heavy (non-hydrogen) atoms. The molecule has 2 heterocycles. The highest BCUT2D eigenvalue weighted by Gasteiger charge is 2.38. The predicted molar refractivity (Wildman–Crippen MR) is 101 cm³/mol. The number of nitrogens with zero attached hydrogens (tertiary/aromatic N) is 3. The van der Waals surface area contributed by atoms with Gasteiger partial charge < -0.3 is 0 Å². The summed E-state index contributed by atoms with van der Waals surface area (Å²) < 4.78 is 45.4. The van der Waals surface area contributed by atoms with Gasteiger partial charge in [0, 0.05) is 24.3 Å². The number of fused-ring (bicyclic) bond motifs is 1. The smallest absolute Gasteiger partial charge is 0.237 e. The second-order valence-corrected chi connectivity index (χ2v) is 9.97. The summed E-state index contributed by atoms with van der Waals surface area (Å²) in [6.07, 6.45) is 4.97. The molecule has 4 rings (SSSR count). The molecule has 1 atom stereocenters. The third kappa shape index (κ3) is 3.66. The van der Waals surface area contributed by atoms with Crippen molar-refractivity contribution in [3.63, 3.8) is 0 Å². The summed E-state index contributed by atoms with van der Waals surface area (Å²) in [4.78, 5) is 0. The molecule has 1 aromatic heterocycles.